The second kappa shape index (κ2) is 7.50. The molecule has 0 unspecified atom stereocenters. The number of hydrogen-bond acceptors (Lipinski definition) is 3. The van der Waals surface area contributed by atoms with Crippen molar-refractivity contribution < 1.29 is 13.2 Å². The van der Waals surface area contributed by atoms with Crippen LogP contribution in [0.15, 0.2) is 29.2 Å². The monoisotopic (exact) mass is 303 g/mol. The molecular formula is C13H18ClNO3S. The predicted molar refractivity (Wildman–Crippen MR) is 76.9 cm³/mol. The third kappa shape index (κ3) is 6.07. The topological polar surface area (TPSA) is 63.2 Å². The zero-order valence-corrected chi connectivity index (χ0v) is 12.4. The molecule has 1 amide bonds. The molecule has 0 heterocycles. The van der Waals surface area contributed by atoms with Gasteiger partial charge in [-0.25, -0.2) is 8.42 Å². The van der Waals surface area contributed by atoms with Crippen LogP contribution in [-0.2, 0) is 13.8 Å². The summed E-state index contributed by atoms with van der Waals surface area (Å²) < 4.78 is 22.1. The Balaban J connectivity index is 2.47. The molecule has 0 spiro atoms. The van der Waals surface area contributed by atoms with Crippen molar-refractivity contribution in [3.05, 3.63) is 24.3 Å². The van der Waals surface area contributed by atoms with Gasteiger partial charge in [0.05, 0.1) is 4.90 Å². The molecule has 19 heavy (non-hydrogen) atoms. The summed E-state index contributed by atoms with van der Waals surface area (Å²) in [4.78, 5) is 11.6. The Kier molecular flexibility index (Phi) is 6.31. The van der Waals surface area contributed by atoms with Gasteiger partial charge in [-0.3, -0.25) is 4.79 Å². The normalized spacial score (nSPS) is 11.3. The number of anilines is 1. The third-order valence-electron chi connectivity index (χ3n) is 2.68. The Labute approximate surface area is 118 Å². The molecule has 0 aromatic heterocycles. The molecule has 0 atom stereocenters. The summed E-state index contributed by atoms with van der Waals surface area (Å²) in [6.45, 7) is 2.12. The zero-order chi connectivity index (χ0) is 14.3. The molecule has 106 valence electrons. The quantitative estimate of drug-likeness (QED) is 0.619. The van der Waals surface area contributed by atoms with Crippen LogP contribution in [0.5, 0.6) is 0 Å². The first kappa shape index (κ1) is 16.0. The van der Waals surface area contributed by atoms with Gasteiger partial charge in [-0.15, -0.1) is 0 Å². The number of rotatable bonds is 7. The van der Waals surface area contributed by atoms with Crippen molar-refractivity contribution in [2.45, 2.75) is 43.9 Å². The van der Waals surface area contributed by atoms with Crippen LogP contribution in [0.25, 0.3) is 0 Å². The van der Waals surface area contributed by atoms with Crippen molar-refractivity contribution >= 4 is 31.3 Å². The van der Waals surface area contributed by atoms with Crippen LogP contribution in [0, 0.1) is 0 Å². The lowest BCUT2D eigenvalue weighted by Crippen LogP contribution is -2.11. The molecule has 0 saturated heterocycles. The van der Waals surface area contributed by atoms with E-state index in [1.165, 1.54) is 24.3 Å². The Morgan fingerprint density at radius 3 is 2.32 bits per heavy atom. The first-order valence-electron chi connectivity index (χ1n) is 6.28. The van der Waals surface area contributed by atoms with Gasteiger partial charge in [-0.2, -0.15) is 0 Å². The smallest absolute Gasteiger partial charge is 0.261 e. The second-order valence-electron chi connectivity index (χ2n) is 4.32. The summed E-state index contributed by atoms with van der Waals surface area (Å²) in [5.41, 5.74) is 0.574. The fraction of sp³-hybridized carbons (Fsp3) is 0.462. The number of benzene rings is 1. The fourth-order valence-corrected chi connectivity index (χ4v) is 2.41. The minimum absolute atomic E-state index is 0.0233. The number of unbranched alkanes of at least 4 members (excludes halogenated alkanes) is 3. The Morgan fingerprint density at radius 2 is 1.79 bits per heavy atom. The maximum absolute atomic E-state index is 11.6. The lowest BCUT2D eigenvalue weighted by Gasteiger charge is -2.05. The van der Waals surface area contributed by atoms with E-state index in [2.05, 4.69) is 12.2 Å². The van der Waals surface area contributed by atoms with Crippen molar-refractivity contribution in [3.63, 3.8) is 0 Å². The summed E-state index contributed by atoms with van der Waals surface area (Å²) >= 11 is 0. The van der Waals surface area contributed by atoms with E-state index in [0.29, 0.717) is 12.1 Å². The van der Waals surface area contributed by atoms with Gasteiger partial charge in [0.25, 0.3) is 9.05 Å². The van der Waals surface area contributed by atoms with Crippen LogP contribution in [0.4, 0.5) is 5.69 Å². The number of nitrogens with one attached hydrogen (secondary N) is 1. The molecule has 0 aliphatic rings. The lowest BCUT2D eigenvalue weighted by molar-refractivity contribution is -0.116. The first-order chi connectivity index (χ1) is 8.93. The molecular weight excluding hydrogens is 286 g/mol. The minimum Gasteiger partial charge on any atom is -0.326 e. The van der Waals surface area contributed by atoms with Crippen molar-refractivity contribution in [1.29, 1.82) is 0 Å². The van der Waals surface area contributed by atoms with E-state index in [1.54, 1.807) is 0 Å². The van der Waals surface area contributed by atoms with Crippen LogP contribution >= 0.6 is 10.7 Å². The van der Waals surface area contributed by atoms with Crippen molar-refractivity contribution in [1.82, 2.24) is 0 Å². The fourth-order valence-electron chi connectivity index (χ4n) is 1.64. The van der Waals surface area contributed by atoms with Gasteiger partial charge in [0.1, 0.15) is 0 Å². The number of carbonyl (C=O) groups is 1. The summed E-state index contributed by atoms with van der Waals surface area (Å²) in [5.74, 6) is -0.0578. The maximum atomic E-state index is 11.6. The Hall–Kier alpha value is -1.07. The van der Waals surface area contributed by atoms with Crippen LogP contribution < -0.4 is 5.32 Å². The molecule has 1 aromatic rings. The standard InChI is InChI=1S/C13H18ClNO3S/c1-2-3-4-5-6-13(16)15-11-7-9-12(10-8-11)19(14,17)18/h7-10H,2-6H2,1H3,(H,15,16). The number of halogens is 1. The predicted octanol–water partition coefficient (Wildman–Crippen LogP) is 3.52. The average Bonchev–Trinajstić information content (AvgIpc) is 2.34. The highest BCUT2D eigenvalue weighted by atomic mass is 35.7. The Morgan fingerprint density at radius 1 is 1.16 bits per heavy atom. The van der Waals surface area contributed by atoms with E-state index in [4.69, 9.17) is 10.7 Å². The highest BCUT2D eigenvalue weighted by Gasteiger charge is 2.09. The van der Waals surface area contributed by atoms with Crippen LogP contribution in [0.1, 0.15) is 39.0 Å². The number of amides is 1. The molecule has 0 saturated carbocycles. The van der Waals surface area contributed by atoms with Crippen LogP contribution in [0.2, 0.25) is 0 Å². The van der Waals surface area contributed by atoms with Gasteiger partial charge in [0.15, 0.2) is 0 Å². The molecule has 0 fully saturated rings. The molecule has 0 aliphatic carbocycles. The van der Waals surface area contributed by atoms with Gasteiger partial charge in [-0.1, -0.05) is 26.2 Å². The second-order valence-corrected chi connectivity index (χ2v) is 6.89. The number of carbonyl (C=O) groups excluding carboxylic acids is 1. The number of hydrogen-bond donors (Lipinski definition) is 1. The van der Waals surface area contributed by atoms with E-state index in [1.807, 2.05) is 0 Å². The van der Waals surface area contributed by atoms with E-state index in [0.717, 1.165) is 25.7 Å². The van der Waals surface area contributed by atoms with E-state index in [-0.39, 0.29) is 10.8 Å². The Bertz CT molecular complexity index is 511. The summed E-state index contributed by atoms with van der Waals surface area (Å²) in [7, 11) is 1.49. The van der Waals surface area contributed by atoms with E-state index in [9.17, 15) is 13.2 Å². The highest BCUT2D eigenvalue weighted by Crippen LogP contribution is 2.17. The third-order valence-corrected chi connectivity index (χ3v) is 4.05. The van der Waals surface area contributed by atoms with Crippen molar-refractivity contribution in [2.75, 3.05) is 5.32 Å². The van der Waals surface area contributed by atoms with Crippen molar-refractivity contribution in [2.24, 2.45) is 0 Å². The molecule has 1 rings (SSSR count). The average molecular weight is 304 g/mol. The van der Waals surface area contributed by atoms with Gasteiger partial charge in [0, 0.05) is 22.8 Å². The van der Waals surface area contributed by atoms with Crippen LogP contribution in [0.3, 0.4) is 0 Å². The molecule has 4 nitrogen and oxygen atoms in total. The summed E-state index contributed by atoms with van der Waals surface area (Å²) in [6, 6.07) is 5.79. The van der Waals surface area contributed by atoms with Gasteiger partial charge in [-0.05, 0) is 30.7 Å². The van der Waals surface area contributed by atoms with Crippen molar-refractivity contribution in [3.8, 4) is 0 Å². The molecule has 6 heteroatoms. The molecule has 1 N–H and O–H groups in total. The summed E-state index contributed by atoms with van der Waals surface area (Å²) in [5, 5.41) is 2.72. The molecule has 0 aliphatic heterocycles. The van der Waals surface area contributed by atoms with Gasteiger partial charge < -0.3 is 5.32 Å². The highest BCUT2D eigenvalue weighted by molar-refractivity contribution is 8.13. The van der Waals surface area contributed by atoms with E-state index >= 15 is 0 Å². The SMILES string of the molecule is CCCCCCC(=O)Nc1ccc(S(=O)(=O)Cl)cc1. The maximum Gasteiger partial charge on any atom is 0.261 e. The zero-order valence-electron chi connectivity index (χ0n) is 10.9. The molecule has 0 radical (unpaired) electrons. The first-order valence-corrected chi connectivity index (χ1v) is 8.59. The lowest BCUT2D eigenvalue weighted by atomic mass is 10.1. The molecule has 0 bridgehead atoms. The van der Waals surface area contributed by atoms with Gasteiger partial charge >= 0.3 is 0 Å². The summed E-state index contributed by atoms with van der Waals surface area (Å²) in [6.07, 6.45) is 4.67. The van der Waals surface area contributed by atoms with Crippen LogP contribution in [-0.4, -0.2) is 14.3 Å². The van der Waals surface area contributed by atoms with E-state index < -0.39 is 9.05 Å². The minimum atomic E-state index is -3.71. The molecule has 1 aromatic carbocycles. The van der Waals surface area contributed by atoms with Gasteiger partial charge in [0.2, 0.25) is 5.91 Å². The largest absolute Gasteiger partial charge is 0.326 e.